The van der Waals surface area contributed by atoms with E-state index in [1.165, 1.54) is 18.2 Å². The number of carbonyl (C=O) groups is 1. The molecule has 1 aromatic carbocycles. The van der Waals surface area contributed by atoms with Crippen molar-refractivity contribution < 1.29 is 19.2 Å². The van der Waals surface area contributed by atoms with E-state index in [-0.39, 0.29) is 39.6 Å². The Morgan fingerprint density at radius 2 is 2.07 bits per heavy atom. The quantitative estimate of drug-likeness (QED) is 0.391. The van der Waals surface area contributed by atoms with E-state index in [4.69, 9.17) is 27.8 Å². The number of nitrogens with one attached hydrogen (secondary N) is 1. The van der Waals surface area contributed by atoms with Crippen LogP contribution in [0.25, 0.3) is 0 Å². The Bertz CT molecular complexity index is 1020. The minimum atomic E-state index is -0.985. The lowest BCUT2D eigenvalue weighted by Gasteiger charge is -2.30. The Morgan fingerprint density at radius 1 is 1.36 bits per heavy atom. The maximum atomic E-state index is 11.8. The van der Waals surface area contributed by atoms with E-state index in [1.807, 2.05) is 0 Å². The molecule has 1 aliphatic heterocycles. The van der Waals surface area contributed by atoms with E-state index in [1.54, 1.807) is 6.92 Å². The third kappa shape index (κ3) is 3.34. The summed E-state index contributed by atoms with van der Waals surface area (Å²) >= 11 is 6.32. The number of hydrogen-bond donors (Lipinski definition) is 3. The van der Waals surface area contributed by atoms with Gasteiger partial charge in [-0.05, 0) is 18.6 Å². The molecule has 0 fully saturated rings. The number of rotatable bonds is 3. The summed E-state index contributed by atoms with van der Waals surface area (Å²) in [5.41, 5.74) is 12.5. The van der Waals surface area contributed by atoms with Crippen molar-refractivity contribution in [2.45, 2.75) is 12.8 Å². The standard InChI is InChI=1S/C16H15ClN6O5/c1-6-12(28-16(24)27-2)10(8-5-7(23(25)26)3-4-9(8)17)11-13(18)21-15(19)22-14(11)20-6/h3-5,10H,1-2H3,(H5,18,19,20,21,22). The van der Waals surface area contributed by atoms with Gasteiger partial charge in [-0.25, -0.2) is 4.79 Å². The monoisotopic (exact) mass is 406 g/mol. The van der Waals surface area contributed by atoms with Crippen LogP contribution in [0.5, 0.6) is 0 Å². The molecule has 1 aliphatic rings. The van der Waals surface area contributed by atoms with Gasteiger partial charge in [0.15, 0.2) is 0 Å². The number of non-ortho nitro benzene ring substituents is 1. The summed E-state index contributed by atoms with van der Waals surface area (Å²) in [7, 11) is 1.15. The lowest BCUT2D eigenvalue weighted by atomic mass is 9.86. The Labute approximate surface area is 163 Å². The van der Waals surface area contributed by atoms with Crippen LogP contribution in [-0.2, 0) is 9.47 Å². The second-order valence-corrected chi connectivity index (χ2v) is 6.20. The fourth-order valence-corrected chi connectivity index (χ4v) is 3.13. The highest BCUT2D eigenvalue weighted by Gasteiger charge is 2.36. The van der Waals surface area contributed by atoms with Gasteiger partial charge in [0.05, 0.1) is 29.2 Å². The molecule has 0 bridgehead atoms. The van der Waals surface area contributed by atoms with Crippen molar-refractivity contribution in [3.63, 3.8) is 0 Å². The summed E-state index contributed by atoms with van der Waals surface area (Å²) in [6.07, 6.45) is -0.985. The van der Waals surface area contributed by atoms with Crippen molar-refractivity contribution in [1.82, 2.24) is 9.97 Å². The van der Waals surface area contributed by atoms with Crippen LogP contribution in [0.2, 0.25) is 5.02 Å². The number of nitro benzene ring substituents is 1. The smallest absolute Gasteiger partial charge is 0.437 e. The number of fused-ring (bicyclic) bond motifs is 1. The van der Waals surface area contributed by atoms with E-state index >= 15 is 0 Å². The summed E-state index contributed by atoms with van der Waals surface area (Å²) in [6, 6.07) is 3.90. The zero-order chi connectivity index (χ0) is 20.6. The molecular weight excluding hydrogens is 392 g/mol. The number of anilines is 3. The molecule has 0 aliphatic carbocycles. The average Bonchev–Trinajstić information content (AvgIpc) is 2.62. The van der Waals surface area contributed by atoms with Gasteiger partial charge in [0.2, 0.25) is 5.95 Å². The summed E-state index contributed by atoms with van der Waals surface area (Å²) in [5.74, 6) is -0.628. The number of hydrogen-bond acceptors (Lipinski definition) is 10. The van der Waals surface area contributed by atoms with E-state index in [2.05, 4.69) is 20.0 Å². The van der Waals surface area contributed by atoms with Crippen LogP contribution in [0.4, 0.5) is 28.1 Å². The molecule has 0 saturated heterocycles. The van der Waals surface area contributed by atoms with Crippen LogP contribution in [0, 0.1) is 10.1 Å². The van der Waals surface area contributed by atoms with Crippen molar-refractivity contribution in [2.24, 2.45) is 0 Å². The van der Waals surface area contributed by atoms with Gasteiger partial charge in [-0.1, -0.05) is 11.6 Å². The predicted octanol–water partition coefficient (Wildman–Crippen LogP) is 2.77. The van der Waals surface area contributed by atoms with E-state index in [0.717, 1.165) is 7.11 Å². The minimum Gasteiger partial charge on any atom is -0.437 e. The largest absolute Gasteiger partial charge is 0.513 e. The number of carbonyl (C=O) groups excluding carboxylic acids is 1. The molecule has 11 nitrogen and oxygen atoms in total. The number of nitrogen functional groups attached to an aromatic ring is 2. The number of aromatic nitrogens is 2. The number of benzene rings is 1. The first-order valence-corrected chi connectivity index (χ1v) is 8.21. The highest BCUT2D eigenvalue weighted by molar-refractivity contribution is 6.31. The van der Waals surface area contributed by atoms with Crippen molar-refractivity contribution in [2.75, 3.05) is 23.9 Å². The zero-order valence-corrected chi connectivity index (χ0v) is 15.5. The van der Waals surface area contributed by atoms with E-state index in [9.17, 15) is 14.9 Å². The fraction of sp³-hybridized carbons (Fsp3) is 0.188. The van der Waals surface area contributed by atoms with Crippen LogP contribution >= 0.6 is 11.6 Å². The molecule has 146 valence electrons. The van der Waals surface area contributed by atoms with Crippen molar-refractivity contribution in [3.05, 3.63) is 55.9 Å². The van der Waals surface area contributed by atoms with Crippen LogP contribution in [0.15, 0.2) is 29.7 Å². The molecular formula is C16H15ClN6O5. The molecule has 2 aromatic rings. The number of nitro groups is 1. The second-order valence-electron chi connectivity index (χ2n) is 5.80. The highest BCUT2D eigenvalue weighted by atomic mass is 35.5. The molecule has 1 atom stereocenters. The second kappa shape index (κ2) is 7.19. The Kier molecular flexibility index (Phi) is 4.92. The van der Waals surface area contributed by atoms with Gasteiger partial charge in [-0.3, -0.25) is 10.1 Å². The molecule has 2 heterocycles. The highest BCUT2D eigenvalue weighted by Crippen LogP contribution is 2.46. The molecule has 1 aromatic heterocycles. The number of methoxy groups -OCH3 is 1. The molecule has 0 amide bonds. The number of nitrogens with zero attached hydrogens (tertiary/aromatic N) is 3. The lowest BCUT2D eigenvalue weighted by Crippen LogP contribution is -2.24. The summed E-state index contributed by atoms with van der Waals surface area (Å²) in [4.78, 5) is 30.5. The summed E-state index contributed by atoms with van der Waals surface area (Å²) < 4.78 is 9.87. The number of allylic oxidation sites excluding steroid dienone is 2. The van der Waals surface area contributed by atoms with E-state index in [0.29, 0.717) is 11.3 Å². The van der Waals surface area contributed by atoms with Crippen LogP contribution in [0.1, 0.15) is 24.0 Å². The maximum Gasteiger partial charge on any atom is 0.513 e. The molecule has 3 rings (SSSR count). The van der Waals surface area contributed by atoms with E-state index < -0.39 is 17.0 Å². The predicted molar refractivity (Wildman–Crippen MR) is 101 cm³/mol. The topological polar surface area (TPSA) is 169 Å². The first-order valence-electron chi connectivity index (χ1n) is 7.83. The molecule has 0 spiro atoms. The van der Waals surface area contributed by atoms with Gasteiger partial charge in [-0.2, -0.15) is 9.97 Å². The van der Waals surface area contributed by atoms with Crippen molar-refractivity contribution in [1.29, 1.82) is 0 Å². The number of nitrogens with two attached hydrogens (primary N) is 2. The lowest BCUT2D eigenvalue weighted by molar-refractivity contribution is -0.384. The Balaban J connectivity index is 2.29. The Morgan fingerprint density at radius 3 is 2.71 bits per heavy atom. The van der Waals surface area contributed by atoms with Gasteiger partial charge >= 0.3 is 6.16 Å². The third-order valence-electron chi connectivity index (χ3n) is 4.08. The SMILES string of the molecule is COC(=O)OC1=C(C)Nc2nc(N)nc(N)c2C1c1cc([N+](=O)[O-])ccc1Cl. The summed E-state index contributed by atoms with van der Waals surface area (Å²) in [5, 5.41) is 14.4. The van der Waals surface area contributed by atoms with Gasteiger partial charge < -0.3 is 26.3 Å². The minimum absolute atomic E-state index is 0.000962. The summed E-state index contributed by atoms with van der Waals surface area (Å²) in [6.45, 7) is 1.62. The Hall–Kier alpha value is -3.60. The first kappa shape index (κ1) is 19.2. The molecule has 0 saturated carbocycles. The van der Waals surface area contributed by atoms with Gasteiger partial charge in [0, 0.05) is 17.2 Å². The third-order valence-corrected chi connectivity index (χ3v) is 4.42. The van der Waals surface area contributed by atoms with Crippen LogP contribution in [0.3, 0.4) is 0 Å². The maximum absolute atomic E-state index is 11.8. The average molecular weight is 407 g/mol. The van der Waals surface area contributed by atoms with Gasteiger partial charge in [0.1, 0.15) is 17.4 Å². The van der Waals surface area contributed by atoms with Gasteiger partial charge in [-0.15, -0.1) is 0 Å². The van der Waals surface area contributed by atoms with Crippen molar-refractivity contribution in [3.8, 4) is 0 Å². The number of halogens is 1. The number of ether oxygens (including phenoxy) is 2. The molecule has 1 unspecified atom stereocenters. The molecule has 12 heteroatoms. The van der Waals surface area contributed by atoms with Gasteiger partial charge in [0.25, 0.3) is 5.69 Å². The molecule has 0 radical (unpaired) electrons. The van der Waals surface area contributed by atoms with Crippen LogP contribution in [-0.4, -0.2) is 28.2 Å². The normalized spacial score (nSPS) is 15.5. The zero-order valence-electron chi connectivity index (χ0n) is 14.7. The first-order chi connectivity index (χ1) is 13.2. The van der Waals surface area contributed by atoms with Crippen molar-refractivity contribution >= 4 is 41.0 Å². The van der Waals surface area contributed by atoms with Crippen LogP contribution < -0.4 is 16.8 Å². The molecule has 28 heavy (non-hydrogen) atoms. The fourth-order valence-electron chi connectivity index (χ4n) is 2.90. The molecule has 5 N–H and O–H groups in total.